The lowest BCUT2D eigenvalue weighted by Gasteiger charge is -2.19. The summed E-state index contributed by atoms with van der Waals surface area (Å²) in [5, 5.41) is 9.16. The van der Waals surface area contributed by atoms with Gasteiger partial charge in [-0.3, -0.25) is 19.2 Å². The van der Waals surface area contributed by atoms with Crippen molar-refractivity contribution >= 4 is 27.8 Å². The first kappa shape index (κ1) is 22.4. The molecule has 0 unspecified atom stereocenters. The number of hydrogen-bond donors (Lipinski definition) is 5. The Bertz CT molecular complexity index is 1770. The molecule has 0 saturated carbocycles. The number of anilines is 1. The lowest BCUT2D eigenvalue weighted by atomic mass is 9.87. The van der Waals surface area contributed by atoms with Gasteiger partial charge in [-0.15, -0.1) is 0 Å². The molecule has 2 heterocycles. The highest BCUT2D eigenvalue weighted by molar-refractivity contribution is 5.84. The van der Waals surface area contributed by atoms with Gasteiger partial charge in [-0.1, -0.05) is 0 Å². The van der Waals surface area contributed by atoms with E-state index in [1.54, 1.807) is 12.1 Å². The van der Waals surface area contributed by atoms with E-state index >= 15 is 0 Å². The third-order valence-corrected chi connectivity index (χ3v) is 6.85. The SMILES string of the molecule is N#Cc1cc2[nH]c(=O)c(=O)[nH]c2c2c1CCCC2.Nc1cc2[nH]c(=O)c(=O)[nH]c2c2c1CCCC2. The fourth-order valence-corrected chi connectivity index (χ4v) is 5.20. The van der Waals surface area contributed by atoms with Crippen molar-refractivity contribution in [2.45, 2.75) is 51.4 Å². The van der Waals surface area contributed by atoms with E-state index in [1.807, 2.05) is 0 Å². The standard InChI is InChI=1S/C13H11N3O2.C12H13N3O2/c14-6-7-5-10-11(16-13(18)12(17)15-10)9-4-2-1-3-8(7)9;13-8-5-9-10(15-12(17)11(16)14-9)7-4-2-1-3-6(7)8/h5H,1-4H2,(H,15,17)(H,16,18);5H,1-4,13H2,(H,14,16)(H,15,17). The smallest absolute Gasteiger partial charge is 0.314 e. The number of rotatable bonds is 0. The van der Waals surface area contributed by atoms with E-state index in [-0.39, 0.29) is 0 Å². The Morgan fingerprint density at radius 1 is 0.629 bits per heavy atom. The molecule has 0 amide bonds. The first-order chi connectivity index (χ1) is 16.9. The van der Waals surface area contributed by atoms with E-state index in [0.717, 1.165) is 79.1 Å². The number of nitrogens with one attached hydrogen (secondary N) is 4. The summed E-state index contributed by atoms with van der Waals surface area (Å²) in [5.74, 6) is 0. The number of nitrogen functional groups attached to an aromatic ring is 1. The zero-order valence-electron chi connectivity index (χ0n) is 19.0. The lowest BCUT2D eigenvalue weighted by Crippen LogP contribution is -2.29. The highest BCUT2D eigenvalue weighted by Gasteiger charge is 2.19. The van der Waals surface area contributed by atoms with Crippen molar-refractivity contribution in [3.8, 4) is 6.07 Å². The first-order valence-corrected chi connectivity index (χ1v) is 11.6. The van der Waals surface area contributed by atoms with Crippen LogP contribution in [0.25, 0.3) is 22.1 Å². The highest BCUT2D eigenvalue weighted by Crippen LogP contribution is 2.31. The van der Waals surface area contributed by atoms with Gasteiger partial charge in [0.1, 0.15) is 0 Å². The third-order valence-electron chi connectivity index (χ3n) is 6.85. The highest BCUT2D eigenvalue weighted by atomic mass is 16.2. The molecule has 2 aromatic heterocycles. The minimum atomic E-state index is -0.679. The van der Waals surface area contributed by atoms with Crippen LogP contribution < -0.4 is 28.0 Å². The number of nitriles is 1. The maximum atomic E-state index is 11.4. The minimum Gasteiger partial charge on any atom is -0.398 e. The van der Waals surface area contributed by atoms with Crippen LogP contribution in [0.5, 0.6) is 0 Å². The topological polar surface area (TPSA) is 181 Å². The average molecular weight is 473 g/mol. The monoisotopic (exact) mass is 472 g/mol. The molecule has 10 heteroatoms. The van der Waals surface area contributed by atoms with Gasteiger partial charge in [0.25, 0.3) is 0 Å². The lowest BCUT2D eigenvalue weighted by molar-refractivity contribution is 0.687. The number of fused-ring (bicyclic) bond motifs is 6. The van der Waals surface area contributed by atoms with Crippen molar-refractivity contribution in [1.82, 2.24) is 19.9 Å². The van der Waals surface area contributed by atoms with E-state index < -0.39 is 22.2 Å². The van der Waals surface area contributed by atoms with Crippen molar-refractivity contribution in [2.24, 2.45) is 0 Å². The van der Waals surface area contributed by atoms with Crippen molar-refractivity contribution in [3.05, 3.63) is 81.4 Å². The van der Waals surface area contributed by atoms with Crippen LogP contribution in [-0.4, -0.2) is 19.9 Å². The number of benzene rings is 2. The molecule has 0 aliphatic heterocycles. The van der Waals surface area contributed by atoms with Gasteiger partial charge in [0.15, 0.2) is 0 Å². The summed E-state index contributed by atoms with van der Waals surface area (Å²) >= 11 is 0. The summed E-state index contributed by atoms with van der Waals surface area (Å²) in [4.78, 5) is 55.8. The molecule has 10 nitrogen and oxygen atoms in total. The molecule has 6 rings (SSSR count). The maximum absolute atomic E-state index is 11.4. The Kier molecular flexibility index (Phi) is 5.61. The molecule has 0 saturated heterocycles. The van der Waals surface area contributed by atoms with Crippen molar-refractivity contribution in [1.29, 1.82) is 5.26 Å². The Labute approximate surface area is 197 Å². The van der Waals surface area contributed by atoms with Crippen molar-refractivity contribution in [3.63, 3.8) is 0 Å². The van der Waals surface area contributed by atoms with Crippen LogP contribution in [-0.2, 0) is 25.7 Å². The van der Waals surface area contributed by atoms with Crippen LogP contribution in [0.3, 0.4) is 0 Å². The van der Waals surface area contributed by atoms with Gasteiger partial charge < -0.3 is 25.7 Å². The quantitative estimate of drug-likeness (QED) is 0.191. The number of hydrogen-bond acceptors (Lipinski definition) is 6. The van der Waals surface area contributed by atoms with Gasteiger partial charge >= 0.3 is 22.2 Å². The summed E-state index contributed by atoms with van der Waals surface area (Å²) in [7, 11) is 0. The predicted octanol–water partition coefficient (Wildman–Crippen LogP) is 1.64. The van der Waals surface area contributed by atoms with Gasteiger partial charge in [-0.25, -0.2) is 0 Å². The Balaban J connectivity index is 0.000000145. The van der Waals surface area contributed by atoms with E-state index in [1.165, 1.54) is 0 Å². The summed E-state index contributed by atoms with van der Waals surface area (Å²) < 4.78 is 0. The fourth-order valence-electron chi connectivity index (χ4n) is 5.20. The molecule has 0 atom stereocenters. The number of nitrogens with two attached hydrogens (primary N) is 1. The summed E-state index contributed by atoms with van der Waals surface area (Å²) in [5.41, 5.74) is 11.5. The maximum Gasteiger partial charge on any atom is 0.314 e. The van der Waals surface area contributed by atoms with Crippen LogP contribution in [0.4, 0.5) is 5.69 Å². The Morgan fingerprint density at radius 2 is 1.06 bits per heavy atom. The third kappa shape index (κ3) is 3.95. The van der Waals surface area contributed by atoms with E-state index in [9.17, 15) is 19.2 Å². The summed E-state index contributed by atoms with van der Waals surface area (Å²) in [6, 6.07) is 5.55. The minimum absolute atomic E-state index is 0.539. The Morgan fingerprint density at radius 3 is 1.60 bits per heavy atom. The predicted molar refractivity (Wildman–Crippen MR) is 133 cm³/mol. The van der Waals surface area contributed by atoms with Gasteiger partial charge in [-0.05, 0) is 85.8 Å². The Hall–Kier alpha value is -4.39. The molecule has 6 N–H and O–H groups in total. The molecule has 4 aromatic rings. The average Bonchev–Trinajstić information content (AvgIpc) is 2.86. The van der Waals surface area contributed by atoms with Crippen molar-refractivity contribution in [2.75, 3.05) is 5.73 Å². The molecule has 178 valence electrons. The molecule has 2 aliphatic carbocycles. The van der Waals surface area contributed by atoms with Crippen LogP contribution in [0.2, 0.25) is 0 Å². The van der Waals surface area contributed by atoms with Gasteiger partial charge in [0, 0.05) is 5.69 Å². The molecular weight excluding hydrogens is 448 g/mol. The number of nitrogens with zero attached hydrogens (tertiary/aromatic N) is 1. The molecule has 0 radical (unpaired) electrons. The van der Waals surface area contributed by atoms with Crippen LogP contribution in [0.1, 0.15) is 53.5 Å². The van der Waals surface area contributed by atoms with E-state index in [4.69, 9.17) is 11.0 Å². The number of aromatic nitrogens is 4. The second-order valence-corrected chi connectivity index (χ2v) is 8.99. The van der Waals surface area contributed by atoms with Crippen molar-refractivity contribution < 1.29 is 0 Å². The number of aromatic amines is 4. The molecular formula is C25H24N6O4. The molecule has 2 aliphatic rings. The molecule has 0 spiro atoms. The second-order valence-electron chi connectivity index (χ2n) is 8.99. The van der Waals surface area contributed by atoms with Crippen LogP contribution >= 0.6 is 0 Å². The fraction of sp³-hybridized carbons (Fsp3) is 0.320. The molecule has 2 aromatic carbocycles. The summed E-state index contributed by atoms with van der Waals surface area (Å²) in [6.07, 6.45) is 7.84. The van der Waals surface area contributed by atoms with Gasteiger partial charge in [-0.2, -0.15) is 5.26 Å². The molecule has 0 fully saturated rings. The molecule has 0 bridgehead atoms. The van der Waals surface area contributed by atoms with Crippen LogP contribution in [0, 0.1) is 11.3 Å². The zero-order valence-corrected chi connectivity index (χ0v) is 19.0. The van der Waals surface area contributed by atoms with Gasteiger partial charge in [0.2, 0.25) is 0 Å². The summed E-state index contributed by atoms with van der Waals surface area (Å²) in [6.45, 7) is 0. The normalized spacial score (nSPS) is 14.5. The second kappa shape index (κ2) is 8.76. The molecule has 35 heavy (non-hydrogen) atoms. The number of aryl methyl sites for hydroxylation is 2. The van der Waals surface area contributed by atoms with Crippen LogP contribution in [0.15, 0.2) is 31.3 Å². The van der Waals surface area contributed by atoms with E-state index in [2.05, 4.69) is 26.0 Å². The zero-order chi connectivity index (χ0) is 24.7. The first-order valence-electron chi connectivity index (χ1n) is 11.6. The van der Waals surface area contributed by atoms with E-state index in [0.29, 0.717) is 27.8 Å². The number of H-pyrrole nitrogens is 4. The largest absolute Gasteiger partial charge is 0.398 e. The van der Waals surface area contributed by atoms with Gasteiger partial charge in [0.05, 0.1) is 33.7 Å².